The molecule has 6 nitrogen and oxygen atoms in total. The van der Waals surface area contributed by atoms with Crippen LogP contribution in [-0.2, 0) is 14.3 Å². The number of allylic oxidation sites excluding steroid dienone is 3. The van der Waals surface area contributed by atoms with Gasteiger partial charge in [-0.15, -0.1) is 0 Å². The van der Waals surface area contributed by atoms with Gasteiger partial charge in [-0.2, -0.15) is 4.99 Å². The molecule has 0 radical (unpaired) electrons. The van der Waals surface area contributed by atoms with Gasteiger partial charge in [0.1, 0.15) is 11.8 Å². The van der Waals surface area contributed by atoms with Crippen LogP contribution in [0.15, 0.2) is 34.3 Å². The fraction of sp³-hybridized carbons (Fsp3) is 0.529. The number of piperidine rings is 1. The molecule has 0 N–H and O–H groups in total. The Kier molecular flexibility index (Phi) is 4.81. The largest absolute Gasteiger partial charge is 0.466 e. The molecule has 0 saturated carbocycles. The summed E-state index contributed by atoms with van der Waals surface area (Å²) < 4.78 is 5.11. The number of aliphatic imine (C=N–C) groups is 2. The van der Waals surface area contributed by atoms with Gasteiger partial charge in [0.05, 0.1) is 24.8 Å². The fourth-order valence-corrected chi connectivity index (χ4v) is 3.14. The summed E-state index contributed by atoms with van der Waals surface area (Å²) >= 11 is 0. The minimum Gasteiger partial charge on any atom is -0.466 e. The minimum atomic E-state index is -0.336. The van der Waals surface area contributed by atoms with Gasteiger partial charge in [-0.1, -0.05) is 18.2 Å². The first kappa shape index (κ1) is 15.8. The van der Waals surface area contributed by atoms with E-state index in [0.717, 1.165) is 25.1 Å². The molecule has 3 rings (SSSR count). The number of ether oxygens (including phenoxy) is 1. The number of carbonyl (C=O) groups excluding carboxylic acids is 2. The third kappa shape index (κ3) is 3.64. The average Bonchev–Trinajstić information content (AvgIpc) is 2.55. The third-order valence-corrected chi connectivity index (χ3v) is 4.25. The summed E-state index contributed by atoms with van der Waals surface area (Å²) in [5, 5.41) is 0. The number of hydrogen-bond donors (Lipinski definition) is 0. The van der Waals surface area contributed by atoms with E-state index in [-0.39, 0.29) is 23.7 Å². The standard InChI is InChI=1S/C17H21N3O3/c1-2-23-17(22)12-6-5-9-20(10-12)11-15-18-14-8-4-3-7-13(14)16(21)19-15/h3-4,7-8,12-13H,2,5-6,9-11H2,1H3. The Bertz CT molecular complexity index is 619. The van der Waals surface area contributed by atoms with E-state index in [4.69, 9.17) is 4.74 Å². The molecule has 23 heavy (non-hydrogen) atoms. The Labute approximate surface area is 135 Å². The second-order valence-electron chi connectivity index (χ2n) is 5.95. The Morgan fingerprint density at radius 1 is 1.39 bits per heavy atom. The van der Waals surface area contributed by atoms with E-state index >= 15 is 0 Å². The zero-order valence-electron chi connectivity index (χ0n) is 13.3. The van der Waals surface area contributed by atoms with Crippen LogP contribution < -0.4 is 0 Å². The lowest BCUT2D eigenvalue weighted by molar-refractivity contribution is -0.149. The van der Waals surface area contributed by atoms with Crippen LogP contribution in [0.1, 0.15) is 19.8 Å². The van der Waals surface area contributed by atoms with Crippen LogP contribution in [0.2, 0.25) is 0 Å². The van der Waals surface area contributed by atoms with E-state index in [9.17, 15) is 9.59 Å². The Balaban J connectivity index is 1.64. The molecule has 0 bridgehead atoms. The van der Waals surface area contributed by atoms with Crippen molar-refractivity contribution in [2.45, 2.75) is 19.8 Å². The molecule has 1 saturated heterocycles. The quantitative estimate of drug-likeness (QED) is 0.735. The van der Waals surface area contributed by atoms with Gasteiger partial charge in [0.25, 0.3) is 5.91 Å². The number of fused-ring (bicyclic) bond motifs is 1. The molecule has 3 aliphatic rings. The van der Waals surface area contributed by atoms with Gasteiger partial charge in [-0.3, -0.25) is 14.5 Å². The first-order chi connectivity index (χ1) is 11.2. The van der Waals surface area contributed by atoms with Crippen molar-refractivity contribution in [3.8, 4) is 0 Å². The summed E-state index contributed by atoms with van der Waals surface area (Å²) in [6.45, 7) is 4.24. The van der Waals surface area contributed by atoms with Gasteiger partial charge in [0.2, 0.25) is 0 Å². The molecule has 0 aromatic carbocycles. The molecule has 1 fully saturated rings. The van der Waals surface area contributed by atoms with Crippen molar-refractivity contribution in [2.75, 3.05) is 26.2 Å². The number of likely N-dealkylation sites (tertiary alicyclic amines) is 1. The molecule has 6 heteroatoms. The number of nitrogens with zero attached hydrogens (tertiary/aromatic N) is 3. The zero-order chi connectivity index (χ0) is 16.2. The number of amides is 1. The normalized spacial score (nSPS) is 27.3. The molecule has 1 amide bonds. The summed E-state index contributed by atoms with van der Waals surface area (Å²) in [5.41, 5.74) is 0.751. The molecule has 122 valence electrons. The van der Waals surface area contributed by atoms with Gasteiger partial charge in [-0.05, 0) is 32.4 Å². The van der Waals surface area contributed by atoms with Gasteiger partial charge >= 0.3 is 5.97 Å². The zero-order valence-corrected chi connectivity index (χ0v) is 13.3. The van der Waals surface area contributed by atoms with Gasteiger partial charge in [0, 0.05) is 6.54 Å². The van der Waals surface area contributed by atoms with E-state index < -0.39 is 0 Å². The SMILES string of the molecule is CCOC(=O)C1CCCN(CC2=NC(=O)C3C=CC=CC3=N2)C1. The third-order valence-electron chi connectivity index (χ3n) is 4.25. The highest BCUT2D eigenvalue weighted by molar-refractivity contribution is 6.21. The Morgan fingerprint density at radius 3 is 3.09 bits per heavy atom. The highest BCUT2D eigenvalue weighted by Gasteiger charge is 2.30. The Morgan fingerprint density at radius 2 is 2.26 bits per heavy atom. The van der Waals surface area contributed by atoms with E-state index in [0.29, 0.717) is 25.5 Å². The van der Waals surface area contributed by atoms with E-state index in [1.807, 2.05) is 31.2 Å². The average molecular weight is 315 g/mol. The van der Waals surface area contributed by atoms with Crippen LogP contribution in [0.3, 0.4) is 0 Å². The molecule has 1 aliphatic carbocycles. The lowest BCUT2D eigenvalue weighted by Gasteiger charge is -2.31. The fourth-order valence-electron chi connectivity index (χ4n) is 3.14. The molecule has 2 aliphatic heterocycles. The maximum Gasteiger partial charge on any atom is 0.310 e. The van der Waals surface area contributed by atoms with Crippen molar-refractivity contribution in [3.05, 3.63) is 24.3 Å². The van der Waals surface area contributed by atoms with Gasteiger partial charge < -0.3 is 4.74 Å². The van der Waals surface area contributed by atoms with Crippen molar-refractivity contribution >= 4 is 23.4 Å². The van der Waals surface area contributed by atoms with E-state index in [2.05, 4.69) is 14.9 Å². The van der Waals surface area contributed by atoms with Crippen molar-refractivity contribution in [3.63, 3.8) is 0 Å². The monoisotopic (exact) mass is 315 g/mol. The molecule has 2 heterocycles. The predicted molar refractivity (Wildman–Crippen MR) is 87.4 cm³/mol. The van der Waals surface area contributed by atoms with Crippen LogP contribution in [0.25, 0.3) is 0 Å². The number of hydrogen-bond acceptors (Lipinski definition) is 5. The lowest BCUT2D eigenvalue weighted by Crippen LogP contribution is -2.42. The highest BCUT2D eigenvalue weighted by atomic mass is 16.5. The first-order valence-electron chi connectivity index (χ1n) is 8.11. The topological polar surface area (TPSA) is 71.3 Å². The molecule has 2 unspecified atom stereocenters. The van der Waals surface area contributed by atoms with Crippen LogP contribution in [0, 0.1) is 11.8 Å². The van der Waals surface area contributed by atoms with Crippen molar-refractivity contribution < 1.29 is 14.3 Å². The summed E-state index contributed by atoms with van der Waals surface area (Å²) in [5.74, 6) is -0.195. The van der Waals surface area contributed by atoms with Gasteiger partial charge in [-0.25, -0.2) is 4.99 Å². The van der Waals surface area contributed by atoms with Crippen LogP contribution in [0.4, 0.5) is 0 Å². The molecule has 0 spiro atoms. The molecule has 0 aromatic heterocycles. The van der Waals surface area contributed by atoms with E-state index in [1.54, 1.807) is 0 Å². The van der Waals surface area contributed by atoms with E-state index in [1.165, 1.54) is 0 Å². The summed E-state index contributed by atoms with van der Waals surface area (Å²) in [6.07, 6.45) is 9.19. The van der Waals surface area contributed by atoms with Crippen molar-refractivity contribution in [1.82, 2.24) is 4.90 Å². The Hall–Kier alpha value is -2.08. The summed E-state index contributed by atoms with van der Waals surface area (Å²) in [7, 11) is 0. The molecular weight excluding hydrogens is 294 g/mol. The summed E-state index contributed by atoms with van der Waals surface area (Å²) in [6, 6.07) is 0. The second-order valence-corrected chi connectivity index (χ2v) is 5.95. The molecule has 2 atom stereocenters. The van der Waals surface area contributed by atoms with Crippen LogP contribution >= 0.6 is 0 Å². The lowest BCUT2D eigenvalue weighted by atomic mass is 9.96. The van der Waals surface area contributed by atoms with Crippen LogP contribution in [0.5, 0.6) is 0 Å². The maximum absolute atomic E-state index is 12.1. The minimum absolute atomic E-state index is 0.0958. The van der Waals surface area contributed by atoms with Crippen molar-refractivity contribution in [1.29, 1.82) is 0 Å². The van der Waals surface area contributed by atoms with Crippen molar-refractivity contribution in [2.24, 2.45) is 21.8 Å². The molecule has 0 aromatic rings. The number of carbonyl (C=O) groups is 2. The molecular formula is C17H21N3O3. The smallest absolute Gasteiger partial charge is 0.310 e. The number of esters is 1. The number of amidine groups is 1. The van der Waals surface area contributed by atoms with Crippen LogP contribution in [-0.4, -0.2) is 54.6 Å². The highest BCUT2D eigenvalue weighted by Crippen LogP contribution is 2.20. The summed E-state index contributed by atoms with van der Waals surface area (Å²) in [4.78, 5) is 34.7. The second kappa shape index (κ2) is 7.00. The predicted octanol–water partition coefficient (Wildman–Crippen LogP) is 1.38. The first-order valence-corrected chi connectivity index (χ1v) is 8.11. The maximum atomic E-state index is 12.1. The number of rotatable bonds is 4. The van der Waals surface area contributed by atoms with Gasteiger partial charge in [0.15, 0.2) is 0 Å².